The largest absolute Gasteiger partial charge is 0.488 e. The molecule has 0 aromatic heterocycles. The summed E-state index contributed by atoms with van der Waals surface area (Å²) in [5.74, 6) is 0.120. The van der Waals surface area contributed by atoms with Crippen LogP contribution in [0.4, 0.5) is 0 Å². The SMILES string of the molecule is [2H]C1([2H])NCCC2=C1OCC2=O. The summed E-state index contributed by atoms with van der Waals surface area (Å²) in [4.78, 5) is 11.1. The molecule has 0 saturated heterocycles. The first-order chi connectivity index (χ1) is 5.61. The Morgan fingerprint density at radius 3 is 3.40 bits per heavy atom. The Balaban J connectivity index is 2.41. The smallest absolute Gasteiger partial charge is 0.199 e. The predicted molar refractivity (Wildman–Crippen MR) is 35.5 cm³/mol. The van der Waals surface area contributed by atoms with Crippen molar-refractivity contribution in [3.8, 4) is 0 Å². The van der Waals surface area contributed by atoms with Crippen LogP contribution in [0.15, 0.2) is 11.3 Å². The molecule has 54 valence electrons. The van der Waals surface area contributed by atoms with E-state index in [0.717, 1.165) is 0 Å². The average Bonchev–Trinajstić information content (AvgIpc) is 2.33. The molecule has 0 atom stereocenters. The Morgan fingerprint density at radius 1 is 1.70 bits per heavy atom. The number of ketones is 1. The van der Waals surface area contributed by atoms with Gasteiger partial charge in [-0.05, 0) is 13.0 Å². The molecule has 10 heavy (non-hydrogen) atoms. The van der Waals surface area contributed by atoms with Gasteiger partial charge in [0.2, 0.25) is 0 Å². The van der Waals surface area contributed by atoms with Gasteiger partial charge in [0.15, 0.2) is 12.4 Å². The lowest BCUT2D eigenvalue weighted by Gasteiger charge is -2.11. The second kappa shape index (κ2) is 2.09. The van der Waals surface area contributed by atoms with Crippen molar-refractivity contribution in [2.75, 3.05) is 19.6 Å². The van der Waals surface area contributed by atoms with Crippen LogP contribution in [0.25, 0.3) is 0 Å². The lowest BCUT2D eigenvalue weighted by molar-refractivity contribution is -0.116. The van der Waals surface area contributed by atoms with E-state index in [4.69, 9.17) is 7.48 Å². The summed E-state index contributed by atoms with van der Waals surface area (Å²) >= 11 is 0. The minimum absolute atomic E-state index is 0.00581. The van der Waals surface area contributed by atoms with Crippen molar-refractivity contribution in [3.05, 3.63) is 11.3 Å². The zero-order valence-corrected chi connectivity index (χ0v) is 5.44. The van der Waals surface area contributed by atoms with Gasteiger partial charge in [-0.2, -0.15) is 0 Å². The van der Waals surface area contributed by atoms with Crippen molar-refractivity contribution in [1.82, 2.24) is 5.32 Å². The summed E-state index contributed by atoms with van der Waals surface area (Å²) in [6.45, 7) is -1.15. The van der Waals surface area contributed by atoms with Gasteiger partial charge in [-0.25, -0.2) is 0 Å². The van der Waals surface area contributed by atoms with E-state index < -0.39 is 6.50 Å². The van der Waals surface area contributed by atoms with Crippen molar-refractivity contribution in [2.45, 2.75) is 6.42 Å². The van der Waals surface area contributed by atoms with Gasteiger partial charge >= 0.3 is 0 Å². The van der Waals surface area contributed by atoms with Gasteiger partial charge < -0.3 is 10.1 Å². The zero-order valence-electron chi connectivity index (χ0n) is 7.44. The third-order valence-electron chi connectivity index (χ3n) is 1.66. The van der Waals surface area contributed by atoms with Gasteiger partial charge in [0.25, 0.3) is 0 Å². The first-order valence-electron chi connectivity index (χ1n) is 4.26. The van der Waals surface area contributed by atoms with E-state index >= 15 is 0 Å². The number of rotatable bonds is 0. The van der Waals surface area contributed by atoms with Crippen LogP contribution in [0.1, 0.15) is 9.16 Å². The summed E-state index contributed by atoms with van der Waals surface area (Å²) in [5, 5.41) is 2.65. The second-order valence-corrected chi connectivity index (χ2v) is 2.32. The molecule has 0 aromatic carbocycles. The van der Waals surface area contributed by atoms with E-state index in [-0.39, 0.29) is 18.1 Å². The third kappa shape index (κ3) is 0.743. The molecule has 0 unspecified atom stereocenters. The highest BCUT2D eigenvalue weighted by molar-refractivity contribution is 5.98. The van der Waals surface area contributed by atoms with Crippen LogP contribution >= 0.6 is 0 Å². The molecule has 2 heterocycles. The molecule has 0 radical (unpaired) electrons. The molecule has 2 rings (SSSR count). The van der Waals surface area contributed by atoms with Gasteiger partial charge in [-0.1, -0.05) is 0 Å². The van der Waals surface area contributed by atoms with Crippen molar-refractivity contribution < 1.29 is 12.3 Å². The number of Topliss-reactive ketones (excluding diaryl/α,β-unsaturated/α-hetero) is 1. The Hall–Kier alpha value is -0.830. The summed E-state index contributed by atoms with van der Waals surface area (Å²) < 4.78 is 19.9. The lowest BCUT2D eigenvalue weighted by atomic mass is 10.1. The molecule has 1 N–H and O–H groups in total. The molecule has 2 aliphatic rings. The lowest BCUT2D eigenvalue weighted by Crippen LogP contribution is -2.24. The van der Waals surface area contributed by atoms with Crippen LogP contribution in [0.5, 0.6) is 0 Å². The fraction of sp³-hybridized carbons (Fsp3) is 0.571. The summed E-state index contributed by atoms with van der Waals surface area (Å²) in [7, 11) is 0. The number of carbonyl (C=O) groups is 1. The molecule has 0 spiro atoms. The molecule has 0 saturated carbocycles. The van der Waals surface area contributed by atoms with Crippen LogP contribution in [-0.4, -0.2) is 25.4 Å². The minimum atomic E-state index is -1.65. The fourth-order valence-electron chi connectivity index (χ4n) is 1.13. The first kappa shape index (κ1) is 4.13. The maximum atomic E-state index is 11.1. The number of carbonyl (C=O) groups excluding carboxylic acids is 1. The molecular weight excluding hydrogens is 130 g/mol. The monoisotopic (exact) mass is 141 g/mol. The normalized spacial score (nSPS) is 32.6. The predicted octanol–water partition coefficient (Wildman–Crippen LogP) is -0.167. The maximum Gasteiger partial charge on any atom is 0.199 e. The van der Waals surface area contributed by atoms with Crippen molar-refractivity contribution >= 4 is 5.78 Å². The van der Waals surface area contributed by atoms with Crippen LogP contribution < -0.4 is 5.32 Å². The van der Waals surface area contributed by atoms with E-state index in [1.807, 2.05) is 0 Å². The van der Waals surface area contributed by atoms with E-state index in [2.05, 4.69) is 5.32 Å². The average molecular weight is 141 g/mol. The Labute approximate surface area is 61.9 Å². The molecular formula is C7H9NO2. The highest BCUT2D eigenvalue weighted by Crippen LogP contribution is 2.20. The van der Waals surface area contributed by atoms with E-state index in [9.17, 15) is 4.79 Å². The number of hydrogen-bond acceptors (Lipinski definition) is 3. The Morgan fingerprint density at radius 2 is 2.60 bits per heavy atom. The topological polar surface area (TPSA) is 38.3 Å². The molecule has 0 aliphatic carbocycles. The second-order valence-electron chi connectivity index (χ2n) is 2.32. The summed E-state index contributed by atoms with van der Waals surface area (Å²) in [6.07, 6.45) is 0.577. The van der Waals surface area contributed by atoms with Crippen LogP contribution in [0.2, 0.25) is 0 Å². The number of ether oxygens (including phenoxy) is 1. The van der Waals surface area contributed by atoms with Gasteiger partial charge in [0.1, 0.15) is 5.76 Å². The van der Waals surface area contributed by atoms with Crippen molar-refractivity contribution in [3.63, 3.8) is 0 Å². The van der Waals surface area contributed by atoms with Crippen LogP contribution in [-0.2, 0) is 9.53 Å². The van der Waals surface area contributed by atoms with Crippen molar-refractivity contribution in [1.29, 1.82) is 0 Å². The fourth-order valence-corrected chi connectivity index (χ4v) is 1.13. The molecule has 2 aliphatic heterocycles. The quantitative estimate of drug-likeness (QED) is 0.509. The maximum absolute atomic E-state index is 11.1. The van der Waals surface area contributed by atoms with E-state index in [0.29, 0.717) is 18.5 Å². The third-order valence-corrected chi connectivity index (χ3v) is 1.66. The highest BCUT2D eigenvalue weighted by Gasteiger charge is 2.25. The highest BCUT2D eigenvalue weighted by atomic mass is 16.5. The summed E-state index contributed by atoms with van der Waals surface area (Å²) in [5.41, 5.74) is 0.527. The van der Waals surface area contributed by atoms with Gasteiger partial charge in [0, 0.05) is 5.57 Å². The summed E-state index contributed by atoms with van der Waals surface area (Å²) in [6, 6.07) is 0. The van der Waals surface area contributed by atoms with Gasteiger partial charge in [-0.15, -0.1) is 0 Å². The number of nitrogens with one attached hydrogen (secondary N) is 1. The molecule has 0 amide bonds. The Bertz CT molecular complexity index is 273. The minimum Gasteiger partial charge on any atom is -0.488 e. The standard InChI is InChI=1S/C7H9NO2/c9-6-4-10-7-3-8-2-1-5(6)7/h8H,1-4H2/i3D2. The van der Waals surface area contributed by atoms with Gasteiger partial charge in [0.05, 0.1) is 9.24 Å². The molecule has 0 aromatic rings. The van der Waals surface area contributed by atoms with Crippen LogP contribution in [0, 0.1) is 0 Å². The van der Waals surface area contributed by atoms with Gasteiger partial charge in [-0.3, -0.25) is 4.79 Å². The molecule has 3 nitrogen and oxygen atoms in total. The molecule has 0 fully saturated rings. The first-order valence-corrected chi connectivity index (χ1v) is 3.26. The van der Waals surface area contributed by atoms with Crippen LogP contribution in [0.3, 0.4) is 0 Å². The van der Waals surface area contributed by atoms with Crippen molar-refractivity contribution in [2.24, 2.45) is 0 Å². The Kier molecular flexibility index (Phi) is 0.864. The zero-order chi connectivity index (χ0) is 8.77. The molecule has 3 heteroatoms. The van der Waals surface area contributed by atoms with E-state index in [1.54, 1.807) is 0 Å². The number of hydrogen-bond donors (Lipinski definition) is 1. The molecule has 0 bridgehead atoms. The van der Waals surface area contributed by atoms with E-state index in [1.165, 1.54) is 0 Å².